The van der Waals surface area contributed by atoms with Gasteiger partial charge in [-0.25, -0.2) is 9.67 Å². The van der Waals surface area contributed by atoms with Crippen molar-refractivity contribution in [2.45, 2.75) is 33.7 Å². The van der Waals surface area contributed by atoms with Crippen molar-refractivity contribution in [2.75, 3.05) is 31.4 Å². The number of hydrogen-bond acceptors (Lipinski definition) is 9. The molecule has 0 aliphatic rings. The van der Waals surface area contributed by atoms with E-state index < -0.39 is 6.04 Å². The number of fused-ring (bicyclic) bond motifs is 1. The summed E-state index contributed by atoms with van der Waals surface area (Å²) in [5.74, 6) is 1.01. The third-order valence-corrected chi connectivity index (χ3v) is 6.33. The number of nitrogens with zero attached hydrogens (tertiary/aromatic N) is 6. The van der Waals surface area contributed by atoms with E-state index >= 15 is 0 Å². The van der Waals surface area contributed by atoms with Crippen molar-refractivity contribution in [1.29, 1.82) is 5.26 Å². The molecule has 3 heterocycles. The van der Waals surface area contributed by atoms with Crippen LogP contribution in [0.5, 0.6) is 11.8 Å². The molecule has 1 aromatic carbocycles. The highest BCUT2D eigenvalue weighted by atomic mass is 35.5. The van der Waals surface area contributed by atoms with Gasteiger partial charge >= 0.3 is 0 Å². The molecule has 0 fully saturated rings. The van der Waals surface area contributed by atoms with E-state index in [0.717, 1.165) is 16.6 Å². The molecule has 2 N–H and O–H groups in total. The maximum Gasteiger partial charge on any atom is 0.237 e. The number of hydrogen-bond donors (Lipinski definition) is 2. The molecule has 4 aromatic rings. The van der Waals surface area contributed by atoms with Gasteiger partial charge in [0.1, 0.15) is 12.1 Å². The van der Waals surface area contributed by atoms with Crippen molar-refractivity contribution in [1.82, 2.24) is 25.0 Å². The van der Waals surface area contributed by atoms with Gasteiger partial charge in [0.2, 0.25) is 11.8 Å². The largest absolute Gasteiger partial charge is 0.481 e. The van der Waals surface area contributed by atoms with Gasteiger partial charge < -0.3 is 20.1 Å². The van der Waals surface area contributed by atoms with Crippen molar-refractivity contribution in [3.8, 4) is 17.8 Å². The summed E-state index contributed by atoms with van der Waals surface area (Å²) in [5.41, 5.74) is 4.62. The van der Waals surface area contributed by atoms with E-state index in [0.29, 0.717) is 51.5 Å². The van der Waals surface area contributed by atoms with Gasteiger partial charge in [-0.3, -0.25) is 4.98 Å². The first-order valence-electron chi connectivity index (χ1n) is 12.0. The van der Waals surface area contributed by atoms with Crippen molar-refractivity contribution in [2.24, 2.45) is 12.5 Å². The lowest BCUT2D eigenvalue weighted by Crippen LogP contribution is -2.20. The van der Waals surface area contributed by atoms with Crippen LogP contribution >= 0.6 is 11.6 Å². The van der Waals surface area contributed by atoms with E-state index in [2.05, 4.69) is 57.8 Å². The summed E-state index contributed by atoms with van der Waals surface area (Å²) in [7, 11) is 4.92. The Morgan fingerprint density at radius 2 is 1.95 bits per heavy atom. The van der Waals surface area contributed by atoms with Gasteiger partial charge in [-0.05, 0) is 30.5 Å². The lowest BCUT2D eigenvalue weighted by Gasteiger charge is -2.23. The lowest BCUT2D eigenvalue weighted by atomic mass is 9.96. The van der Waals surface area contributed by atoms with Crippen molar-refractivity contribution in [3.63, 3.8) is 0 Å². The van der Waals surface area contributed by atoms with Gasteiger partial charge in [-0.1, -0.05) is 37.6 Å². The Morgan fingerprint density at radius 3 is 2.58 bits per heavy atom. The minimum absolute atomic E-state index is 0.00546. The van der Waals surface area contributed by atoms with Gasteiger partial charge in [0.15, 0.2) is 5.69 Å². The van der Waals surface area contributed by atoms with E-state index in [4.69, 9.17) is 21.1 Å². The van der Waals surface area contributed by atoms with Crippen LogP contribution in [0, 0.1) is 23.7 Å². The third kappa shape index (κ3) is 5.43. The fourth-order valence-electron chi connectivity index (χ4n) is 4.18. The monoisotopic (exact) mass is 534 g/mol. The molecule has 4 rings (SSSR count). The number of nitrogens with one attached hydrogen (secondary N) is 2. The van der Waals surface area contributed by atoms with Crippen LogP contribution < -0.4 is 20.1 Å². The van der Waals surface area contributed by atoms with Crippen LogP contribution in [0.25, 0.3) is 10.9 Å². The van der Waals surface area contributed by atoms with E-state index in [1.54, 1.807) is 44.3 Å². The highest BCUT2D eigenvalue weighted by Gasteiger charge is 2.27. The first-order chi connectivity index (χ1) is 18.1. The molecule has 0 spiro atoms. The number of rotatable bonds is 8. The predicted molar refractivity (Wildman–Crippen MR) is 148 cm³/mol. The lowest BCUT2D eigenvalue weighted by molar-refractivity contribution is 0.368. The quantitative estimate of drug-likeness (QED) is 0.311. The van der Waals surface area contributed by atoms with Crippen molar-refractivity contribution >= 4 is 33.9 Å². The molecule has 10 nitrogen and oxygen atoms in total. The molecular weight excluding hydrogens is 504 g/mol. The minimum atomic E-state index is -0.483. The summed E-state index contributed by atoms with van der Waals surface area (Å²) in [6, 6.07) is 9.23. The van der Waals surface area contributed by atoms with Crippen LogP contribution in [0.15, 0.2) is 30.5 Å². The van der Waals surface area contributed by atoms with Crippen LogP contribution in [-0.2, 0) is 7.05 Å². The zero-order valence-electron chi connectivity index (χ0n) is 22.5. The molecule has 0 amide bonds. The van der Waals surface area contributed by atoms with Gasteiger partial charge in [-0.15, -0.1) is 5.10 Å². The molecule has 198 valence electrons. The number of benzene rings is 1. The predicted octanol–water partition coefficient (Wildman–Crippen LogP) is 5.27. The number of methoxy groups -OCH3 is 2. The Bertz CT molecular complexity index is 1520. The number of halogens is 1. The van der Waals surface area contributed by atoms with Crippen LogP contribution in [0.3, 0.4) is 0 Å². The SMILES string of the molecule is COc1ccc(C(Nc2cc(Cl)c3ncc(C#N)c(NCC(C)(C)C)c3c2)c2nnn(C)c2OC)c(C)n1. The number of anilines is 2. The molecule has 0 saturated heterocycles. The number of aryl methyl sites for hydroxylation is 2. The fraction of sp³-hybridized carbons (Fsp3) is 0.370. The van der Waals surface area contributed by atoms with Crippen LogP contribution in [-0.4, -0.2) is 45.7 Å². The second kappa shape index (κ2) is 10.7. The van der Waals surface area contributed by atoms with Crippen molar-refractivity contribution in [3.05, 3.63) is 58.0 Å². The molecule has 0 aliphatic carbocycles. The van der Waals surface area contributed by atoms with Crippen LogP contribution in [0.4, 0.5) is 11.4 Å². The van der Waals surface area contributed by atoms with Gasteiger partial charge in [0.25, 0.3) is 0 Å². The number of ether oxygens (including phenoxy) is 2. The first kappa shape index (κ1) is 26.9. The summed E-state index contributed by atoms with van der Waals surface area (Å²) in [6.45, 7) is 8.94. The molecule has 0 bridgehead atoms. The summed E-state index contributed by atoms with van der Waals surface area (Å²) >= 11 is 6.73. The molecule has 1 atom stereocenters. The average Bonchev–Trinajstić information content (AvgIpc) is 3.25. The zero-order chi connectivity index (χ0) is 27.6. The van der Waals surface area contributed by atoms with E-state index in [9.17, 15) is 5.26 Å². The second-order valence-corrected chi connectivity index (χ2v) is 10.5. The molecule has 0 saturated carbocycles. The average molecular weight is 535 g/mol. The van der Waals surface area contributed by atoms with E-state index in [-0.39, 0.29) is 5.41 Å². The Hall–Kier alpha value is -4.10. The smallest absolute Gasteiger partial charge is 0.237 e. The Balaban J connectivity index is 1.87. The fourth-order valence-corrected chi connectivity index (χ4v) is 4.45. The molecule has 11 heteroatoms. The molecular formula is C27H31ClN8O2. The highest BCUT2D eigenvalue weighted by molar-refractivity contribution is 6.35. The van der Waals surface area contributed by atoms with Crippen LogP contribution in [0.1, 0.15) is 49.3 Å². The summed E-state index contributed by atoms with van der Waals surface area (Å²) in [6.07, 6.45) is 1.55. The Kier molecular flexibility index (Phi) is 7.60. The zero-order valence-corrected chi connectivity index (χ0v) is 23.3. The second-order valence-electron chi connectivity index (χ2n) is 10.1. The Morgan fingerprint density at radius 1 is 1.18 bits per heavy atom. The summed E-state index contributed by atoms with van der Waals surface area (Å²) in [5, 5.41) is 26.5. The molecule has 3 aromatic heterocycles. The standard InChI is InChI=1S/C27H31ClN8O2/c1-15-18(8-9-21(32-15)37-6)24(25-26(38-7)36(5)35-34-25)33-17-10-19-22(31-14-27(2,3)4)16(12-29)13-30-23(19)20(28)11-17/h8-11,13,24,33H,14H2,1-7H3,(H,30,31). The maximum absolute atomic E-state index is 9.79. The van der Waals surface area contributed by atoms with Crippen molar-refractivity contribution < 1.29 is 9.47 Å². The first-order valence-corrected chi connectivity index (χ1v) is 12.4. The van der Waals surface area contributed by atoms with Gasteiger partial charge in [0.05, 0.1) is 36.0 Å². The molecule has 38 heavy (non-hydrogen) atoms. The number of nitriles is 1. The number of aromatic nitrogens is 5. The van der Waals surface area contributed by atoms with Gasteiger partial charge in [-0.2, -0.15) is 5.26 Å². The summed E-state index contributed by atoms with van der Waals surface area (Å²) in [4.78, 5) is 9.02. The van der Waals surface area contributed by atoms with E-state index in [1.807, 2.05) is 19.1 Å². The molecule has 1 unspecified atom stereocenters. The van der Waals surface area contributed by atoms with Gasteiger partial charge in [0, 0.05) is 48.2 Å². The minimum Gasteiger partial charge on any atom is -0.481 e. The Labute approximate surface area is 226 Å². The third-order valence-electron chi connectivity index (χ3n) is 6.04. The normalized spacial score (nSPS) is 12.2. The van der Waals surface area contributed by atoms with Crippen LogP contribution in [0.2, 0.25) is 5.02 Å². The van der Waals surface area contributed by atoms with E-state index in [1.165, 1.54) is 0 Å². The summed E-state index contributed by atoms with van der Waals surface area (Å²) < 4.78 is 12.5. The molecule has 0 radical (unpaired) electrons. The highest BCUT2D eigenvalue weighted by Crippen LogP contribution is 2.38. The maximum atomic E-state index is 9.79. The molecule has 0 aliphatic heterocycles. The topological polar surface area (TPSA) is 123 Å². The number of pyridine rings is 2.